The average Bonchev–Trinajstić information content (AvgIpc) is 2.90. The second-order valence-corrected chi connectivity index (χ2v) is 8.44. The van der Waals surface area contributed by atoms with Gasteiger partial charge in [0.2, 0.25) is 0 Å². The molecule has 0 bridgehead atoms. The van der Waals surface area contributed by atoms with Gasteiger partial charge >= 0.3 is 0 Å². The summed E-state index contributed by atoms with van der Waals surface area (Å²) in [7, 11) is 0. The molecular formula is C30H30N2O3. The first kappa shape index (κ1) is 24.0. The van der Waals surface area contributed by atoms with Crippen molar-refractivity contribution in [2.45, 2.75) is 33.3 Å². The van der Waals surface area contributed by atoms with Crippen LogP contribution < -0.4 is 15.0 Å². The molecule has 0 spiro atoms. The lowest BCUT2D eigenvalue weighted by molar-refractivity contribution is 0.0987. The van der Waals surface area contributed by atoms with Gasteiger partial charge in [0.15, 0.2) is 0 Å². The van der Waals surface area contributed by atoms with Crippen LogP contribution in [0.3, 0.4) is 0 Å². The lowest BCUT2D eigenvalue weighted by Gasteiger charge is -2.23. The summed E-state index contributed by atoms with van der Waals surface area (Å²) in [6.45, 7) is 6.58. The summed E-state index contributed by atoms with van der Waals surface area (Å²) < 4.78 is 5.77. The fourth-order valence-corrected chi connectivity index (χ4v) is 3.92. The van der Waals surface area contributed by atoms with Gasteiger partial charge in [-0.25, -0.2) is 0 Å². The number of nitrogens with one attached hydrogen (secondary N) is 1. The number of anilines is 2. The minimum absolute atomic E-state index is 0.0846. The molecular weight excluding hydrogens is 436 g/mol. The highest BCUT2D eigenvalue weighted by molar-refractivity contribution is 6.11. The molecule has 4 aromatic rings. The van der Waals surface area contributed by atoms with Crippen molar-refractivity contribution in [3.05, 3.63) is 102 Å². The molecule has 0 saturated heterocycles. The number of amides is 2. The molecule has 2 amide bonds. The zero-order valence-corrected chi connectivity index (χ0v) is 20.3. The van der Waals surface area contributed by atoms with Crippen LogP contribution in [0.2, 0.25) is 0 Å². The molecule has 0 aliphatic heterocycles. The maximum Gasteiger partial charge on any atom is 0.258 e. The van der Waals surface area contributed by atoms with Crippen LogP contribution in [-0.4, -0.2) is 24.5 Å². The highest BCUT2D eigenvalue weighted by Crippen LogP contribution is 2.28. The van der Waals surface area contributed by atoms with E-state index in [4.69, 9.17) is 4.74 Å². The standard InChI is InChI=1S/C30H30N2O3/c1-4-21(3)35-26-19-15-23(16-20-26)29(33)31-25-17-13-24(14-18-25)30(34)32(5-2)28-12-8-10-22-9-6-7-11-27(22)28/h6-21H,4-5H2,1-3H3,(H,31,33). The van der Waals surface area contributed by atoms with Crippen molar-refractivity contribution in [3.63, 3.8) is 0 Å². The summed E-state index contributed by atoms with van der Waals surface area (Å²) in [5.74, 6) is 0.439. The van der Waals surface area contributed by atoms with E-state index < -0.39 is 0 Å². The van der Waals surface area contributed by atoms with Gasteiger partial charge in [-0.3, -0.25) is 9.59 Å². The van der Waals surface area contributed by atoms with E-state index in [1.165, 1.54) is 0 Å². The molecule has 0 heterocycles. The number of hydrogen-bond acceptors (Lipinski definition) is 3. The predicted octanol–water partition coefficient (Wildman–Crippen LogP) is 6.94. The van der Waals surface area contributed by atoms with Crippen molar-refractivity contribution in [3.8, 4) is 5.75 Å². The number of carbonyl (C=O) groups excluding carboxylic acids is 2. The third-order valence-electron chi connectivity index (χ3n) is 6.04. The van der Waals surface area contributed by atoms with Gasteiger partial charge in [0.25, 0.3) is 11.8 Å². The van der Waals surface area contributed by atoms with E-state index >= 15 is 0 Å². The summed E-state index contributed by atoms with van der Waals surface area (Å²) in [5.41, 5.74) is 2.60. The topological polar surface area (TPSA) is 58.6 Å². The Balaban J connectivity index is 1.46. The van der Waals surface area contributed by atoms with Gasteiger partial charge in [-0.1, -0.05) is 43.3 Å². The molecule has 4 aromatic carbocycles. The van der Waals surface area contributed by atoms with Crippen LogP contribution in [0.5, 0.6) is 5.75 Å². The van der Waals surface area contributed by atoms with Gasteiger partial charge in [-0.05, 0) is 80.3 Å². The molecule has 1 unspecified atom stereocenters. The van der Waals surface area contributed by atoms with E-state index in [0.29, 0.717) is 23.4 Å². The summed E-state index contributed by atoms with van der Waals surface area (Å²) in [4.78, 5) is 27.8. The fraction of sp³-hybridized carbons (Fsp3) is 0.200. The van der Waals surface area contributed by atoms with Gasteiger partial charge < -0.3 is 15.0 Å². The van der Waals surface area contributed by atoms with Crippen LogP contribution in [0.1, 0.15) is 47.9 Å². The lowest BCUT2D eigenvalue weighted by Crippen LogP contribution is -2.30. The van der Waals surface area contributed by atoms with E-state index in [0.717, 1.165) is 28.6 Å². The number of nitrogens with zero attached hydrogens (tertiary/aromatic N) is 1. The van der Waals surface area contributed by atoms with Crippen LogP contribution in [0.25, 0.3) is 10.8 Å². The molecule has 5 heteroatoms. The number of carbonyl (C=O) groups is 2. The van der Waals surface area contributed by atoms with Gasteiger partial charge in [0.05, 0.1) is 11.8 Å². The van der Waals surface area contributed by atoms with Gasteiger partial charge in [-0.2, -0.15) is 0 Å². The first-order valence-corrected chi connectivity index (χ1v) is 12.0. The van der Waals surface area contributed by atoms with Crippen LogP contribution >= 0.6 is 0 Å². The average molecular weight is 467 g/mol. The van der Waals surface area contributed by atoms with Gasteiger partial charge in [0, 0.05) is 28.7 Å². The Morgan fingerprint density at radius 1 is 0.829 bits per heavy atom. The van der Waals surface area contributed by atoms with E-state index in [-0.39, 0.29) is 17.9 Å². The number of hydrogen-bond donors (Lipinski definition) is 1. The largest absolute Gasteiger partial charge is 0.491 e. The van der Waals surface area contributed by atoms with E-state index in [1.807, 2.05) is 56.3 Å². The van der Waals surface area contributed by atoms with Gasteiger partial charge in [0.1, 0.15) is 5.75 Å². The Labute approximate surface area is 206 Å². The molecule has 0 aliphatic carbocycles. The number of ether oxygens (including phenoxy) is 1. The quantitative estimate of drug-likeness (QED) is 0.306. The maximum atomic E-state index is 13.3. The Hall–Kier alpha value is -4.12. The van der Waals surface area contributed by atoms with E-state index in [1.54, 1.807) is 53.4 Å². The smallest absolute Gasteiger partial charge is 0.258 e. The Bertz CT molecular complexity index is 1310. The number of rotatable bonds is 8. The highest BCUT2D eigenvalue weighted by Gasteiger charge is 2.18. The van der Waals surface area contributed by atoms with E-state index in [2.05, 4.69) is 12.2 Å². The predicted molar refractivity (Wildman–Crippen MR) is 143 cm³/mol. The highest BCUT2D eigenvalue weighted by atomic mass is 16.5. The zero-order chi connectivity index (χ0) is 24.8. The lowest BCUT2D eigenvalue weighted by atomic mass is 10.1. The molecule has 0 fully saturated rings. The minimum atomic E-state index is -0.217. The molecule has 178 valence electrons. The van der Waals surface area contributed by atoms with E-state index in [9.17, 15) is 9.59 Å². The van der Waals surface area contributed by atoms with Crippen molar-refractivity contribution in [2.75, 3.05) is 16.8 Å². The summed E-state index contributed by atoms with van der Waals surface area (Å²) in [6.07, 6.45) is 1.04. The zero-order valence-electron chi connectivity index (χ0n) is 20.3. The fourth-order valence-electron chi connectivity index (χ4n) is 3.92. The van der Waals surface area contributed by atoms with Crippen molar-refractivity contribution in [1.82, 2.24) is 0 Å². The number of fused-ring (bicyclic) bond motifs is 1. The third-order valence-corrected chi connectivity index (χ3v) is 6.04. The Morgan fingerprint density at radius 2 is 1.49 bits per heavy atom. The molecule has 0 radical (unpaired) electrons. The Morgan fingerprint density at radius 3 is 2.17 bits per heavy atom. The van der Waals surface area contributed by atoms with Crippen LogP contribution in [0.15, 0.2) is 91.0 Å². The van der Waals surface area contributed by atoms with Crippen LogP contribution in [0.4, 0.5) is 11.4 Å². The second kappa shape index (κ2) is 10.9. The van der Waals surface area contributed by atoms with Crippen LogP contribution in [0, 0.1) is 0 Å². The first-order valence-electron chi connectivity index (χ1n) is 12.0. The molecule has 1 N–H and O–H groups in total. The minimum Gasteiger partial charge on any atom is -0.491 e. The van der Waals surface area contributed by atoms with Crippen LogP contribution in [-0.2, 0) is 0 Å². The monoisotopic (exact) mass is 466 g/mol. The molecule has 1 atom stereocenters. The summed E-state index contributed by atoms with van der Waals surface area (Å²) in [6, 6.07) is 28.1. The molecule has 35 heavy (non-hydrogen) atoms. The molecule has 0 aromatic heterocycles. The summed E-state index contributed by atoms with van der Waals surface area (Å²) in [5, 5.41) is 5.02. The Kier molecular flexibility index (Phi) is 7.46. The van der Waals surface area contributed by atoms with Crippen molar-refractivity contribution >= 4 is 34.0 Å². The molecule has 0 saturated carbocycles. The van der Waals surface area contributed by atoms with Crippen molar-refractivity contribution < 1.29 is 14.3 Å². The SMILES string of the molecule is CCC(C)Oc1ccc(C(=O)Nc2ccc(C(=O)N(CC)c3cccc4ccccc34)cc2)cc1. The van der Waals surface area contributed by atoms with Gasteiger partial charge in [-0.15, -0.1) is 0 Å². The number of benzene rings is 4. The van der Waals surface area contributed by atoms with Crippen molar-refractivity contribution in [1.29, 1.82) is 0 Å². The summed E-state index contributed by atoms with van der Waals surface area (Å²) >= 11 is 0. The maximum absolute atomic E-state index is 13.3. The second-order valence-electron chi connectivity index (χ2n) is 8.44. The third kappa shape index (κ3) is 5.52. The molecule has 5 nitrogen and oxygen atoms in total. The first-order chi connectivity index (χ1) is 17.0. The molecule has 0 aliphatic rings. The van der Waals surface area contributed by atoms with Crippen molar-refractivity contribution in [2.24, 2.45) is 0 Å². The normalized spacial score (nSPS) is 11.6. The molecule has 4 rings (SSSR count).